The molecule has 0 aromatic carbocycles. The van der Waals surface area contributed by atoms with Gasteiger partial charge in [-0.1, -0.05) is 19.9 Å². The molecule has 0 amide bonds. The van der Waals surface area contributed by atoms with Crippen molar-refractivity contribution in [1.29, 1.82) is 0 Å². The van der Waals surface area contributed by atoms with Gasteiger partial charge in [-0.15, -0.1) is 0 Å². The van der Waals surface area contributed by atoms with Crippen LogP contribution >= 0.6 is 0 Å². The molecule has 0 saturated carbocycles. The van der Waals surface area contributed by atoms with E-state index in [1.54, 1.807) is 0 Å². The molecule has 2 heterocycles. The summed E-state index contributed by atoms with van der Waals surface area (Å²) in [5.74, 6) is 0. The molecule has 0 bridgehead atoms. The first-order chi connectivity index (χ1) is 9.55. The predicted molar refractivity (Wildman–Crippen MR) is 81.4 cm³/mol. The maximum atomic E-state index is 6.32. The van der Waals surface area contributed by atoms with Crippen LogP contribution in [0.1, 0.15) is 43.1 Å². The Morgan fingerprint density at radius 1 is 1.40 bits per heavy atom. The average Bonchev–Trinajstić information content (AvgIpc) is 2.79. The van der Waals surface area contributed by atoms with Crippen LogP contribution in [0.5, 0.6) is 0 Å². The number of rotatable bonds is 3. The Morgan fingerprint density at radius 3 is 3.00 bits per heavy atom. The third kappa shape index (κ3) is 2.63. The third-order valence-corrected chi connectivity index (χ3v) is 4.30. The van der Waals surface area contributed by atoms with E-state index in [9.17, 15) is 0 Å². The van der Waals surface area contributed by atoms with E-state index in [1.807, 2.05) is 18.5 Å². The molecule has 0 radical (unpaired) electrons. The maximum Gasteiger partial charge on any atom is 0.0318 e. The van der Waals surface area contributed by atoms with Gasteiger partial charge in [-0.25, -0.2) is 0 Å². The Kier molecular flexibility index (Phi) is 3.38. The summed E-state index contributed by atoms with van der Waals surface area (Å²) in [6.45, 7) is 5.63. The van der Waals surface area contributed by atoms with Gasteiger partial charge in [0.05, 0.1) is 0 Å². The summed E-state index contributed by atoms with van der Waals surface area (Å²) in [6.07, 6.45) is 9.18. The van der Waals surface area contributed by atoms with Gasteiger partial charge in [0.15, 0.2) is 0 Å². The van der Waals surface area contributed by atoms with Crippen LogP contribution in [0.15, 0.2) is 36.8 Å². The van der Waals surface area contributed by atoms with E-state index in [0.29, 0.717) is 5.41 Å². The largest absolute Gasteiger partial charge is 0.351 e. The molecule has 0 saturated heterocycles. The minimum atomic E-state index is 0.188. The van der Waals surface area contributed by atoms with Crippen LogP contribution in [0.3, 0.4) is 0 Å². The van der Waals surface area contributed by atoms with Crippen LogP contribution in [0.25, 0.3) is 0 Å². The van der Waals surface area contributed by atoms with Gasteiger partial charge in [0.2, 0.25) is 0 Å². The van der Waals surface area contributed by atoms with Crippen LogP contribution < -0.4 is 5.73 Å². The van der Waals surface area contributed by atoms with Crippen molar-refractivity contribution < 1.29 is 0 Å². The number of hydrogen-bond acceptors (Lipinski definition) is 2. The van der Waals surface area contributed by atoms with Crippen LogP contribution in [0, 0.1) is 5.41 Å². The first-order valence-corrected chi connectivity index (χ1v) is 7.37. The van der Waals surface area contributed by atoms with Crippen LogP contribution in [0.2, 0.25) is 0 Å². The second-order valence-electron chi connectivity index (χ2n) is 6.67. The standard InChI is InChI=1S/C17H23N3/c1-17(2)10-15(18)14-6-9-20(16(14)11-17)8-5-13-4-3-7-19-12-13/h3-4,6-7,9,12,15H,5,8,10-11,18H2,1-2H3. The lowest BCUT2D eigenvalue weighted by Gasteiger charge is -2.34. The van der Waals surface area contributed by atoms with Gasteiger partial charge in [0.1, 0.15) is 0 Å². The fourth-order valence-electron chi connectivity index (χ4n) is 3.30. The fraction of sp³-hybridized carbons (Fsp3) is 0.471. The summed E-state index contributed by atoms with van der Waals surface area (Å²) in [7, 11) is 0. The number of aromatic nitrogens is 2. The lowest BCUT2D eigenvalue weighted by molar-refractivity contribution is 0.275. The Hall–Kier alpha value is -1.61. The molecular weight excluding hydrogens is 246 g/mol. The van der Waals surface area contributed by atoms with Gasteiger partial charge in [-0.2, -0.15) is 0 Å². The van der Waals surface area contributed by atoms with Gasteiger partial charge < -0.3 is 10.3 Å². The minimum absolute atomic E-state index is 0.188. The van der Waals surface area contributed by atoms with Crippen molar-refractivity contribution in [1.82, 2.24) is 9.55 Å². The van der Waals surface area contributed by atoms with Gasteiger partial charge in [0.25, 0.3) is 0 Å². The molecular formula is C17H23N3. The molecule has 106 valence electrons. The van der Waals surface area contributed by atoms with Crippen molar-refractivity contribution in [2.75, 3.05) is 0 Å². The highest BCUT2D eigenvalue weighted by Gasteiger charge is 2.32. The molecule has 3 rings (SSSR count). The number of aryl methyl sites for hydroxylation is 2. The molecule has 0 aliphatic heterocycles. The molecule has 1 aliphatic rings. The molecule has 0 fully saturated rings. The highest BCUT2D eigenvalue weighted by Crippen LogP contribution is 2.39. The summed E-state index contributed by atoms with van der Waals surface area (Å²) in [4.78, 5) is 4.18. The van der Waals surface area contributed by atoms with E-state index in [-0.39, 0.29) is 6.04 Å². The fourth-order valence-corrected chi connectivity index (χ4v) is 3.30. The van der Waals surface area contributed by atoms with Crippen molar-refractivity contribution in [3.8, 4) is 0 Å². The minimum Gasteiger partial charge on any atom is -0.351 e. The topological polar surface area (TPSA) is 43.8 Å². The molecule has 1 unspecified atom stereocenters. The third-order valence-electron chi connectivity index (χ3n) is 4.30. The summed E-state index contributed by atoms with van der Waals surface area (Å²) in [5, 5.41) is 0. The summed E-state index contributed by atoms with van der Waals surface area (Å²) >= 11 is 0. The van der Waals surface area contributed by atoms with E-state index in [4.69, 9.17) is 5.73 Å². The number of hydrogen-bond donors (Lipinski definition) is 1. The second kappa shape index (κ2) is 5.06. The van der Waals surface area contributed by atoms with Crippen LogP contribution in [-0.2, 0) is 19.4 Å². The summed E-state index contributed by atoms with van der Waals surface area (Å²) < 4.78 is 2.38. The molecule has 1 aliphatic carbocycles. The van der Waals surface area contributed by atoms with E-state index in [2.05, 4.69) is 41.7 Å². The molecule has 3 heteroatoms. The summed E-state index contributed by atoms with van der Waals surface area (Å²) in [6, 6.07) is 6.53. The predicted octanol–water partition coefficient (Wildman–Crippen LogP) is 3.10. The number of fused-ring (bicyclic) bond motifs is 1. The van der Waals surface area contributed by atoms with Gasteiger partial charge in [-0.05, 0) is 47.9 Å². The highest BCUT2D eigenvalue weighted by atomic mass is 15.0. The number of nitrogens with two attached hydrogens (primary N) is 1. The normalized spacial score (nSPS) is 20.6. The Bertz CT molecular complexity index is 584. The summed E-state index contributed by atoms with van der Waals surface area (Å²) in [5.41, 5.74) is 10.7. The zero-order valence-electron chi connectivity index (χ0n) is 12.3. The molecule has 2 aromatic rings. The van der Waals surface area contributed by atoms with Gasteiger partial charge in [0, 0.05) is 36.9 Å². The first kappa shape index (κ1) is 13.4. The first-order valence-electron chi connectivity index (χ1n) is 7.37. The monoisotopic (exact) mass is 269 g/mol. The SMILES string of the molecule is CC1(C)Cc2c(ccn2CCc2cccnc2)C(N)C1. The Balaban J connectivity index is 1.79. The Labute approximate surface area is 120 Å². The molecule has 3 nitrogen and oxygen atoms in total. The van der Waals surface area contributed by atoms with E-state index < -0.39 is 0 Å². The number of nitrogens with zero attached hydrogens (tertiary/aromatic N) is 2. The van der Waals surface area contributed by atoms with Gasteiger partial charge in [-0.3, -0.25) is 4.98 Å². The van der Waals surface area contributed by atoms with E-state index in [1.165, 1.54) is 16.8 Å². The van der Waals surface area contributed by atoms with Gasteiger partial charge >= 0.3 is 0 Å². The quantitative estimate of drug-likeness (QED) is 0.930. The molecule has 2 N–H and O–H groups in total. The van der Waals surface area contributed by atoms with Crippen molar-refractivity contribution in [2.45, 2.75) is 45.7 Å². The molecule has 2 aromatic heterocycles. The zero-order valence-corrected chi connectivity index (χ0v) is 12.3. The van der Waals surface area contributed by atoms with E-state index >= 15 is 0 Å². The smallest absolute Gasteiger partial charge is 0.0318 e. The lowest BCUT2D eigenvalue weighted by Crippen LogP contribution is -2.30. The molecule has 1 atom stereocenters. The highest BCUT2D eigenvalue weighted by molar-refractivity contribution is 5.30. The van der Waals surface area contributed by atoms with Crippen molar-refractivity contribution >= 4 is 0 Å². The molecule has 0 spiro atoms. The second-order valence-corrected chi connectivity index (χ2v) is 6.67. The van der Waals surface area contributed by atoms with Crippen molar-refractivity contribution in [2.24, 2.45) is 11.1 Å². The molecule has 20 heavy (non-hydrogen) atoms. The van der Waals surface area contributed by atoms with Crippen LogP contribution in [-0.4, -0.2) is 9.55 Å². The van der Waals surface area contributed by atoms with Crippen LogP contribution in [0.4, 0.5) is 0 Å². The van der Waals surface area contributed by atoms with E-state index in [0.717, 1.165) is 25.8 Å². The zero-order chi connectivity index (χ0) is 14.2. The average molecular weight is 269 g/mol. The van der Waals surface area contributed by atoms with Crippen molar-refractivity contribution in [3.63, 3.8) is 0 Å². The number of pyridine rings is 1. The Morgan fingerprint density at radius 2 is 2.25 bits per heavy atom. The lowest BCUT2D eigenvalue weighted by atomic mass is 9.74. The van der Waals surface area contributed by atoms with Crippen molar-refractivity contribution in [3.05, 3.63) is 53.6 Å². The maximum absolute atomic E-state index is 6.32.